The highest BCUT2D eigenvalue weighted by Gasteiger charge is 2.30. The fraction of sp³-hybridized carbons (Fsp3) is 0.455. The molecule has 0 bridgehead atoms. The van der Waals surface area contributed by atoms with Crippen LogP contribution in [-0.4, -0.2) is 11.8 Å². The van der Waals surface area contributed by atoms with E-state index in [2.05, 4.69) is 5.32 Å². The maximum atomic E-state index is 13.1. The maximum absolute atomic E-state index is 13.1. The molecule has 1 fully saturated rings. The first-order valence-corrected chi connectivity index (χ1v) is 6.10. The van der Waals surface area contributed by atoms with Gasteiger partial charge in [0.15, 0.2) is 11.6 Å². The smallest absolute Gasteiger partial charge is 0.159 e. The minimum atomic E-state index is -0.742. The van der Waals surface area contributed by atoms with Crippen LogP contribution < -0.4 is 5.32 Å². The molecule has 80 valence electrons. The van der Waals surface area contributed by atoms with Crippen molar-refractivity contribution in [1.82, 2.24) is 5.32 Å². The van der Waals surface area contributed by atoms with Crippen LogP contribution in [0.15, 0.2) is 17.0 Å². The van der Waals surface area contributed by atoms with Crippen LogP contribution in [0.25, 0.3) is 0 Å². The Bertz CT molecular complexity index is 404. The van der Waals surface area contributed by atoms with Crippen LogP contribution in [0.4, 0.5) is 8.78 Å². The van der Waals surface area contributed by atoms with Crippen molar-refractivity contribution < 1.29 is 8.78 Å². The molecule has 1 N–H and O–H groups in total. The summed E-state index contributed by atoms with van der Waals surface area (Å²) in [6.45, 7) is 0. The second kappa shape index (κ2) is 3.46. The van der Waals surface area contributed by atoms with Crippen molar-refractivity contribution in [2.45, 2.75) is 29.8 Å². The number of fused-ring (bicyclic) bond motifs is 1. The van der Waals surface area contributed by atoms with Crippen molar-refractivity contribution in [3.05, 3.63) is 29.3 Å². The third-order valence-electron chi connectivity index (χ3n) is 2.85. The monoisotopic (exact) mass is 227 g/mol. The molecule has 1 heterocycles. The van der Waals surface area contributed by atoms with Gasteiger partial charge in [0.25, 0.3) is 0 Å². The number of nitrogens with one attached hydrogen (secondary N) is 1. The van der Waals surface area contributed by atoms with Crippen LogP contribution in [0.1, 0.15) is 24.4 Å². The van der Waals surface area contributed by atoms with E-state index < -0.39 is 11.6 Å². The normalized spacial score (nSPS) is 24.3. The van der Waals surface area contributed by atoms with Gasteiger partial charge < -0.3 is 5.32 Å². The molecule has 0 amide bonds. The van der Waals surface area contributed by atoms with E-state index in [9.17, 15) is 8.78 Å². The van der Waals surface area contributed by atoms with Gasteiger partial charge in [0.2, 0.25) is 0 Å². The second-order valence-corrected chi connectivity index (χ2v) is 5.17. The molecule has 1 unspecified atom stereocenters. The van der Waals surface area contributed by atoms with Crippen molar-refractivity contribution in [2.75, 3.05) is 5.75 Å². The van der Waals surface area contributed by atoms with E-state index in [-0.39, 0.29) is 6.04 Å². The number of hydrogen-bond acceptors (Lipinski definition) is 2. The molecule has 3 rings (SSSR count). The van der Waals surface area contributed by atoms with Crippen molar-refractivity contribution in [3.63, 3.8) is 0 Å². The SMILES string of the molecule is Fc1cc2c(cc1F)C(NC1CC1)CS2. The topological polar surface area (TPSA) is 12.0 Å². The molecular weight excluding hydrogens is 216 g/mol. The lowest BCUT2D eigenvalue weighted by Gasteiger charge is -2.12. The van der Waals surface area contributed by atoms with E-state index in [1.54, 1.807) is 11.8 Å². The molecule has 1 aromatic carbocycles. The molecule has 1 aliphatic heterocycles. The Hall–Kier alpha value is -0.610. The average molecular weight is 227 g/mol. The summed E-state index contributed by atoms with van der Waals surface area (Å²) >= 11 is 1.60. The van der Waals surface area contributed by atoms with Crippen molar-refractivity contribution in [1.29, 1.82) is 0 Å². The second-order valence-electron chi connectivity index (χ2n) is 4.11. The van der Waals surface area contributed by atoms with Crippen LogP contribution in [0.3, 0.4) is 0 Å². The molecule has 0 saturated heterocycles. The molecule has 4 heteroatoms. The van der Waals surface area contributed by atoms with Gasteiger partial charge in [-0.3, -0.25) is 0 Å². The van der Waals surface area contributed by atoms with Crippen LogP contribution >= 0.6 is 11.8 Å². The summed E-state index contributed by atoms with van der Waals surface area (Å²) in [6.07, 6.45) is 2.42. The molecule has 1 aliphatic carbocycles. The Kier molecular flexibility index (Phi) is 2.21. The number of thioether (sulfide) groups is 1. The zero-order valence-corrected chi connectivity index (χ0v) is 8.91. The first kappa shape index (κ1) is 9.60. The highest BCUT2D eigenvalue weighted by atomic mass is 32.2. The van der Waals surface area contributed by atoms with E-state index in [1.165, 1.54) is 25.0 Å². The molecule has 0 radical (unpaired) electrons. The quantitative estimate of drug-likeness (QED) is 0.833. The third kappa shape index (κ3) is 1.76. The van der Waals surface area contributed by atoms with E-state index >= 15 is 0 Å². The summed E-state index contributed by atoms with van der Waals surface area (Å²) in [5, 5.41) is 3.45. The molecule has 1 aromatic rings. The molecule has 15 heavy (non-hydrogen) atoms. The van der Waals surface area contributed by atoms with Gasteiger partial charge in [-0.2, -0.15) is 0 Å². The molecule has 1 saturated carbocycles. The van der Waals surface area contributed by atoms with Crippen LogP contribution in [0, 0.1) is 11.6 Å². The largest absolute Gasteiger partial charge is 0.306 e. The van der Waals surface area contributed by atoms with E-state index in [4.69, 9.17) is 0 Å². The Morgan fingerprint density at radius 3 is 2.67 bits per heavy atom. The molecule has 2 aliphatic rings. The summed E-state index contributed by atoms with van der Waals surface area (Å²) in [4.78, 5) is 0.882. The first-order chi connectivity index (χ1) is 7.24. The maximum Gasteiger partial charge on any atom is 0.159 e. The van der Waals surface area contributed by atoms with Gasteiger partial charge in [-0.25, -0.2) is 8.78 Å². The highest BCUT2D eigenvalue weighted by molar-refractivity contribution is 7.99. The zero-order valence-electron chi connectivity index (χ0n) is 8.09. The average Bonchev–Trinajstić information content (AvgIpc) is 2.94. The molecule has 0 aromatic heterocycles. The number of hydrogen-bond donors (Lipinski definition) is 1. The van der Waals surface area contributed by atoms with Crippen molar-refractivity contribution >= 4 is 11.8 Å². The number of rotatable bonds is 2. The Morgan fingerprint density at radius 2 is 1.93 bits per heavy atom. The Morgan fingerprint density at radius 1 is 1.20 bits per heavy atom. The lowest BCUT2D eigenvalue weighted by molar-refractivity contribution is 0.498. The summed E-state index contributed by atoms with van der Waals surface area (Å²) in [5.41, 5.74) is 0.922. The fourth-order valence-electron chi connectivity index (χ4n) is 1.88. The lowest BCUT2D eigenvalue weighted by atomic mass is 10.1. The summed E-state index contributed by atoms with van der Waals surface area (Å²) in [7, 11) is 0. The predicted molar refractivity (Wildman–Crippen MR) is 56.0 cm³/mol. The minimum Gasteiger partial charge on any atom is -0.306 e. The predicted octanol–water partition coefficient (Wildman–Crippen LogP) is 2.86. The van der Waals surface area contributed by atoms with Gasteiger partial charge in [-0.15, -0.1) is 11.8 Å². The van der Waals surface area contributed by atoms with Gasteiger partial charge in [0.05, 0.1) is 0 Å². The van der Waals surface area contributed by atoms with E-state index in [0.717, 1.165) is 16.2 Å². The van der Waals surface area contributed by atoms with E-state index in [1.807, 2.05) is 0 Å². The zero-order chi connectivity index (χ0) is 10.4. The van der Waals surface area contributed by atoms with Gasteiger partial charge in [-0.1, -0.05) is 0 Å². The standard InChI is InChI=1S/C11H11F2NS/c12-8-3-7-10(14-6-1-2-6)5-15-11(7)4-9(8)13/h3-4,6,10,14H,1-2,5H2. The fourth-order valence-corrected chi connectivity index (χ4v) is 3.05. The van der Waals surface area contributed by atoms with Crippen molar-refractivity contribution in [3.8, 4) is 0 Å². The first-order valence-electron chi connectivity index (χ1n) is 5.12. The van der Waals surface area contributed by atoms with Gasteiger partial charge in [0, 0.05) is 22.7 Å². The van der Waals surface area contributed by atoms with Gasteiger partial charge in [-0.05, 0) is 30.5 Å². The van der Waals surface area contributed by atoms with Crippen LogP contribution in [-0.2, 0) is 0 Å². The Balaban J connectivity index is 1.90. The summed E-state index contributed by atoms with van der Waals surface area (Å²) in [5.74, 6) is -0.596. The van der Waals surface area contributed by atoms with Crippen LogP contribution in [0.5, 0.6) is 0 Å². The minimum absolute atomic E-state index is 0.201. The van der Waals surface area contributed by atoms with Crippen LogP contribution in [0.2, 0.25) is 0 Å². The molecular formula is C11H11F2NS. The van der Waals surface area contributed by atoms with Gasteiger partial charge in [0.1, 0.15) is 0 Å². The Labute approximate surface area is 91.2 Å². The molecule has 1 atom stereocenters. The molecule has 1 nitrogen and oxygen atoms in total. The van der Waals surface area contributed by atoms with E-state index in [0.29, 0.717) is 6.04 Å². The highest BCUT2D eigenvalue weighted by Crippen LogP contribution is 2.40. The number of halogens is 2. The van der Waals surface area contributed by atoms with Gasteiger partial charge >= 0.3 is 0 Å². The summed E-state index contributed by atoms with van der Waals surface area (Å²) < 4.78 is 26.1. The lowest BCUT2D eigenvalue weighted by Crippen LogP contribution is -2.23. The molecule has 0 spiro atoms. The third-order valence-corrected chi connectivity index (χ3v) is 4.01. The number of benzene rings is 1. The van der Waals surface area contributed by atoms with Crippen molar-refractivity contribution in [2.24, 2.45) is 0 Å². The summed E-state index contributed by atoms with van der Waals surface area (Å²) in [6, 6.07) is 3.44.